The summed E-state index contributed by atoms with van der Waals surface area (Å²) >= 11 is 0. The second-order valence-electron chi connectivity index (χ2n) is 7.28. The van der Waals surface area contributed by atoms with Crippen LogP contribution in [0.25, 0.3) is 0 Å². The van der Waals surface area contributed by atoms with Crippen molar-refractivity contribution in [2.45, 2.75) is 64.2 Å². The first-order valence-electron chi connectivity index (χ1n) is 10.3. The van der Waals surface area contributed by atoms with Crippen LogP contribution in [0.5, 0.6) is 0 Å². The van der Waals surface area contributed by atoms with Crippen molar-refractivity contribution in [3.63, 3.8) is 0 Å². The lowest BCUT2D eigenvalue weighted by Crippen LogP contribution is -2.44. The normalized spacial score (nSPS) is 17.9. The number of unbranched alkanes of at least 4 members (excludes halogenated alkanes) is 3. The summed E-state index contributed by atoms with van der Waals surface area (Å²) in [6.45, 7) is 3.26. The summed E-state index contributed by atoms with van der Waals surface area (Å²) < 4.78 is 23.1. The van der Waals surface area contributed by atoms with Gasteiger partial charge in [-0.15, -0.1) is 4.52 Å². The van der Waals surface area contributed by atoms with E-state index in [0.29, 0.717) is 38.8 Å². The molecule has 1 amide bonds. The van der Waals surface area contributed by atoms with E-state index in [1.54, 1.807) is 0 Å². The van der Waals surface area contributed by atoms with E-state index in [2.05, 4.69) is 0 Å². The number of carboxylic acids is 1. The lowest BCUT2D eigenvalue weighted by molar-refractivity contribution is -0.150. The largest absolute Gasteiger partial charge is 0.508 e. The Kier molecular flexibility index (Phi) is 10.3. The van der Waals surface area contributed by atoms with Crippen LogP contribution in [0.4, 0.5) is 0 Å². The molecule has 7 nitrogen and oxygen atoms in total. The van der Waals surface area contributed by atoms with Crippen molar-refractivity contribution in [3.05, 3.63) is 35.9 Å². The molecule has 1 heterocycles. The van der Waals surface area contributed by atoms with Gasteiger partial charge in [-0.25, -0.2) is 4.79 Å². The first kappa shape index (κ1) is 23.5. The van der Waals surface area contributed by atoms with Crippen molar-refractivity contribution < 1.29 is 28.5 Å². The zero-order chi connectivity index (χ0) is 21.1. The smallest absolute Gasteiger partial charge is 0.480 e. The molecule has 1 aliphatic heterocycles. The Labute approximate surface area is 173 Å². The Morgan fingerprint density at radius 1 is 1.21 bits per heavy atom. The van der Waals surface area contributed by atoms with Crippen LogP contribution in [0.2, 0.25) is 0 Å². The lowest BCUT2D eigenvalue weighted by atomic mass is 10.2. The Balaban J connectivity index is 1.53. The molecule has 0 saturated carbocycles. The Morgan fingerprint density at radius 2 is 1.93 bits per heavy atom. The van der Waals surface area contributed by atoms with Crippen molar-refractivity contribution in [1.29, 1.82) is 0 Å². The molecule has 3 atom stereocenters. The highest BCUT2D eigenvalue weighted by Gasteiger charge is 2.38. The highest BCUT2D eigenvalue weighted by Crippen LogP contribution is 2.28. The van der Waals surface area contributed by atoms with Crippen LogP contribution in [0.1, 0.15) is 51.0 Å². The van der Waals surface area contributed by atoms with E-state index in [-0.39, 0.29) is 0 Å². The minimum atomic E-state index is -1.93. The second-order valence-corrected chi connectivity index (χ2v) is 8.61. The van der Waals surface area contributed by atoms with Gasteiger partial charge in [-0.2, -0.15) is 0 Å². The quantitative estimate of drug-likeness (QED) is 0.380. The molecule has 0 aliphatic carbocycles. The number of carbonyl (C=O) groups is 2. The number of hydrogen-bond acceptors (Lipinski definition) is 5. The van der Waals surface area contributed by atoms with Crippen LogP contribution in [0, 0.1) is 0 Å². The molecule has 1 aromatic carbocycles. The standard InChI is InChI=1S/C21H30NO6P/c1-17(20(23)22-13-9-12-19(22)21(24)25)28-29(26)15-8-3-2-7-14-27-16-18-10-5-4-6-11-18/h4-6,10-11,17,19H,2-3,7-9,12-16H2,1H3/p+1/t17-,19-/m0/s1. The SMILES string of the molecule is C[C@H](O[P+](=O)CCCCCCOCc1ccccc1)C(=O)N1CCC[C@H]1C(=O)O. The molecule has 1 unspecified atom stereocenters. The van der Waals surface area contributed by atoms with Crippen molar-refractivity contribution in [2.75, 3.05) is 19.3 Å². The van der Waals surface area contributed by atoms with Crippen molar-refractivity contribution in [2.24, 2.45) is 0 Å². The van der Waals surface area contributed by atoms with Crippen LogP contribution in [-0.4, -0.2) is 53.3 Å². The summed E-state index contributed by atoms with van der Waals surface area (Å²) in [5.74, 6) is -1.39. The first-order valence-corrected chi connectivity index (χ1v) is 11.6. The number of rotatable bonds is 13. The van der Waals surface area contributed by atoms with Gasteiger partial charge in [-0.3, -0.25) is 4.79 Å². The third-order valence-corrected chi connectivity index (χ3v) is 6.17. The van der Waals surface area contributed by atoms with E-state index in [4.69, 9.17) is 9.26 Å². The minimum Gasteiger partial charge on any atom is -0.480 e. The van der Waals surface area contributed by atoms with Crippen molar-refractivity contribution in [3.8, 4) is 0 Å². The third kappa shape index (κ3) is 8.21. The number of hydrogen-bond donors (Lipinski definition) is 1. The molecule has 8 heteroatoms. The third-order valence-electron chi connectivity index (χ3n) is 4.94. The second kappa shape index (κ2) is 12.7. The topological polar surface area (TPSA) is 93.1 Å². The number of amides is 1. The van der Waals surface area contributed by atoms with Crippen molar-refractivity contribution >= 4 is 19.9 Å². The van der Waals surface area contributed by atoms with Gasteiger partial charge < -0.3 is 14.7 Å². The van der Waals surface area contributed by atoms with E-state index in [1.807, 2.05) is 30.3 Å². The number of carboxylic acid groups (broad SMARTS) is 1. The zero-order valence-corrected chi connectivity index (χ0v) is 17.9. The van der Waals surface area contributed by atoms with Gasteiger partial charge in [0.2, 0.25) is 0 Å². The van der Waals surface area contributed by atoms with Crippen LogP contribution < -0.4 is 0 Å². The summed E-state index contributed by atoms with van der Waals surface area (Å²) in [5, 5.41) is 9.17. The molecule has 1 aromatic rings. The predicted molar refractivity (Wildman–Crippen MR) is 110 cm³/mol. The molecule has 29 heavy (non-hydrogen) atoms. The predicted octanol–water partition coefficient (Wildman–Crippen LogP) is 3.99. The fourth-order valence-electron chi connectivity index (χ4n) is 3.36. The molecule has 0 bridgehead atoms. The van der Waals surface area contributed by atoms with Crippen LogP contribution in [0.3, 0.4) is 0 Å². The molecule has 2 rings (SSSR count). The maximum atomic E-state index is 12.4. The van der Waals surface area contributed by atoms with Gasteiger partial charge in [0.1, 0.15) is 6.04 Å². The highest BCUT2D eigenvalue weighted by atomic mass is 31.1. The van der Waals surface area contributed by atoms with Crippen LogP contribution in [0.15, 0.2) is 30.3 Å². The molecule has 0 aromatic heterocycles. The van der Waals surface area contributed by atoms with Gasteiger partial charge in [-0.1, -0.05) is 36.8 Å². The maximum Gasteiger partial charge on any atom is 0.508 e. The molecule has 1 fully saturated rings. The first-order chi connectivity index (χ1) is 14.0. The maximum absolute atomic E-state index is 12.4. The minimum absolute atomic E-state index is 0.395. The Hall–Kier alpha value is -1.82. The monoisotopic (exact) mass is 424 g/mol. The summed E-state index contributed by atoms with van der Waals surface area (Å²) in [5.41, 5.74) is 1.16. The summed E-state index contributed by atoms with van der Waals surface area (Å²) in [6, 6.07) is 9.24. The molecule has 1 N–H and O–H groups in total. The molecular formula is C21H31NO6P+. The fraction of sp³-hybridized carbons (Fsp3) is 0.619. The number of aliphatic carboxylic acids is 1. The van der Waals surface area contributed by atoms with Gasteiger partial charge in [0.05, 0.1) is 6.61 Å². The van der Waals surface area contributed by atoms with E-state index in [1.165, 1.54) is 11.8 Å². The van der Waals surface area contributed by atoms with Crippen LogP contribution >= 0.6 is 8.03 Å². The van der Waals surface area contributed by atoms with Crippen molar-refractivity contribution in [1.82, 2.24) is 4.90 Å². The number of carbonyl (C=O) groups excluding carboxylic acids is 1. The van der Waals surface area contributed by atoms with Gasteiger partial charge in [0, 0.05) is 13.2 Å². The Morgan fingerprint density at radius 3 is 2.66 bits per heavy atom. The highest BCUT2D eigenvalue weighted by molar-refractivity contribution is 7.39. The average molecular weight is 424 g/mol. The number of ether oxygens (including phenoxy) is 1. The van der Waals surface area contributed by atoms with Gasteiger partial charge in [-0.05, 0) is 49.2 Å². The molecule has 160 valence electrons. The lowest BCUT2D eigenvalue weighted by Gasteiger charge is -2.22. The molecule has 1 aliphatic rings. The molecule has 1 saturated heterocycles. The van der Waals surface area contributed by atoms with Gasteiger partial charge in [0.15, 0.2) is 12.3 Å². The molecule has 0 radical (unpaired) electrons. The average Bonchev–Trinajstić information content (AvgIpc) is 3.20. The summed E-state index contributed by atoms with van der Waals surface area (Å²) in [7, 11) is -1.93. The molecule has 0 spiro atoms. The van der Waals surface area contributed by atoms with Gasteiger partial charge in [0.25, 0.3) is 5.91 Å². The van der Waals surface area contributed by atoms with Crippen LogP contribution in [-0.2, 0) is 30.0 Å². The van der Waals surface area contributed by atoms with E-state index >= 15 is 0 Å². The summed E-state index contributed by atoms with van der Waals surface area (Å²) in [6.07, 6.45) is 4.26. The number of nitrogens with zero attached hydrogens (tertiary/aromatic N) is 1. The number of benzene rings is 1. The number of likely N-dealkylation sites (tertiary alicyclic amines) is 1. The molecular weight excluding hydrogens is 393 g/mol. The summed E-state index contributed by atoms with van der Waals surface area (Å²) in [4.78, 5) is 24.9. The van der Waals surface area contributed by atoms with Gasteiger partial charge >= 0.3 is 14.0 Å². The fourth-order valence-corrected chi connectivity index (χ4v) is 4.39. The Bertz CT molecular complexity index is 668. The van der Waals surface area contributed by atoms with E-state index < -0.39 is 32.1 Å². The van der Waals surface area contributed by atoms with E-state index in [9.17, 15) is 19.3 Å². The van der Waals surface area contributed by atoms with E-state index in [0.717, 1.165) is 31.2 Å². The zero-order valence-electron chi connectivity index (χ0n) is 17.0.